The van der Waals surface area contributed by atoms with Gasteiger partial charge >= 0.3 is 0 Å². The summed E-state index contributed by atoms with van der Waals surface area (Å²) in [6.07, 6.45) is 2.47. The van der Waals surface area contributed by atoms with Crippen LogP contribution in [0.2, 0.25) is 0 Å². The van der Waals surface area contributed by atoms with Gasteiger partial charge in [-0.05, 0) is 12.3 Å². The van der Waals surface area contributed by atoms with Gasteiger partial charge in [-0.1, -0.05) is 13.8 Å². The molecule has 1 aromatic rings. The van der Waals surface area contributed by atoms with E-state index in [-0.39, 0.29) is 16.6 Å². The van der Waals surface area contributed by atoms with Gasteiger partial charge in [-0.15, -0.1) is 0 Å². The van der Waals surface area contributed by atoms with E-state index in [1.807, 2.05) is 13.8 Å². The molecule has 0 aliphatic carbocycles. The Labute approximate surface area is 111 Å². The van der Waals surface area contributed by atoms with Crippen LogP contribution in [-0.4, -0.2) is 26.5 Å². The summed E-state index contributed by atoms with van der Waals surface area (Å²) in [6.45, 7) is 3.79. The Hall–Kier alpha value is -1.83. The SMILES string of the molecule is CC(C)Cc1c(S(C)(=O)=O)coc1C(=O)NC(=N)N. The molecule has 1 heterocycles. The number of hydrogen-bond donors (Lipinski definition) is 3. The number of sulfone groups is 1. The van der Waals surface area contributed by atoms with Crippen LogP contribution >= 0.6 is 0 Å². The smallest absolute Gasteiger partial charge is 0.293 e. The fourth-order valence-electron chi connectivity index (χ4n) is 1.65. The molecule has 1 rings (SSSR count). The van der Waals surface area contributed by atoms with Gasteiger partial charge in [0.1, 0.15) is 11.2 Å². The Morgan fingerprint density at radius 3 is 2.53 bits per heavy atom. The monoisotopic (exact) mass is 287 g/mol. The van der Waals surface area contributed by atoms with E-state index >= 15 is 0 Å². The van der Waals surface area contributed by atoms with Gasteiger partial charge in [0.25, 0.3) is 5.91 Å². The number of nitrogens with two attached hydrogens (primary N) is 1. The fourth-order valence-corrected chi connectivity index (χ4v) is 2.50. The van der Waals surface area contributed by atoms with E-state index in [0.29, 0.717) is 12.0 Å². The summed E-state index contributed by atoms with van der Waals surface area (Å²) >= 11 is 0. The number of furan rings is 1. The summed E-state index contributed by atoms with van der Waals surface area (Å²) in [5, 5.41) is 9.07. The minimum absolute atomic E-state index is 0.00472. The lowest BCUT2D eigenvalue weighted by Gasteiger charge is -2.07. The average molecular weight is 287 g/mol. The molecule has 0 unspecified atom stereocenters. The molecule has 0 atom stereocenters. The Morgan fingerprint density at radius 1 is 1.53 bits per heavy atom. The molecule has 0 spiro atoms. The standard InChI is InChI=1S/C11H17N3O4S/c1-6(2)4-7-8(19(3,16)17)5-18-9(7)10(15)14-11(12)13/h5-6H,4H2,1-3H3,(H4,12,13,14,15). The lowest BCUT2D eigenvalue weighted by molar-refractivity contribution is 0.0948. The van der Waals surface area contributed by atoms with Gasteiger partial charge in [-0.2, -0.15) is 0 Å². The molecule has 0 saturated heterocycles. The van der Waals surface area contributed by atoms with Gasteiger partial charge < -0.3 is 10.2 Å². The maximum atomic E-state index is 11.8. The molecule has 0 aromatic carbocycles. The number of guanidine groups is 1. The summed E-state index contributed by atoms with van der Waals surface area (Å²) in [7, 11) is -3.48. The first kappa shape index (κ1) is 15.2. The van der Waals surface area contributed by atoms with Crippen LogP contribution in [0.25, 0.3) is 0 Å². The van der Waals surface area contributed by atoms with E-state index in [1.165, 1.54) is 0 Å². The molecule has 1 aromatic heterocycles. The van der Waals surface area contributed by atoms with Gasteiger partial charge in [0.05, 0.1) is 0 Å². The molecule has 0 aliphatic heterocycles. The second kappa shape index (κ2) is 5.43. The predicted molar refractivity (Wildman–Crippen MR) is 69.7 cm³/mol. The highest BCUT2D eigenvalue weighted by atomic mass is 32.2. The van der Waals surface area contributed by atoms with Crippen LogP contribution in [0.3, 0.4) is 0 Å². The van der Waals surface area contributed by atoms with Crippen molar-refractivity contribution in [1.29, 1.82) is 5.41 Å². The number of hydrogen-bond acceptors (Lipinski definition) is 5. The van der Waals surface area contributed by atoms with Crippen LogP contribution in [0.1, 0.15) is 30.0 Å². The van der Waals surface area contributed by atoms with Crippen LogP contribution in [0.5, 0.6) is 0 Å². The van der Waals surface area contributed by atoms with Crippen molar-refractivity contribution in [2.45, 2.75) is 25.2 Å². The molecule has 7 nitrogen and oxygen atoms in total. The third-order valence-corrected chi connectivity index (χ3v) is 3.46. The Bertz CT molecular complexity index is 601. The quantitative estimate of drug-likeness (QED) is 0.549. The molecule has 8 heteroatoms. The first-order valence-electron chi connectivity index (χ1n) is 5.58. The van der Waals surface area contributed by atoms with Crippen molar-refractivity contribution in [3.63, 3.8) is 0 Å². The van der Waals surface area contributed by atoms with Gasteiger partial charge in [-0.3, -0.25) is 15.5 Å². The number of rotatable bonds is 4. The largest absolute Gasteiger partial charge is 0.457 e. The normalized spacial score (nSPS) is 11.6. The van der Waals surface area contributed by atoms with Crippen molar-refractivity contribution < 1.29 is 17.6 Å². The van der Waals surface area contributed by atoms with Crippen LogP contribution < -0.4 is 11.1 Å². The van der Waals surface area contributed by atoms with Gasteiger partial charge in [-0.25, -0.2) is 8.42 Å². The minimum Gasteiger partial charge on any atom is -0.457 e. The highest BCUT2D eigenvalue weighted by Gasteiger charge is 2.25. The zero-order valence-corrected chi connectivity index (χ0v) is 11.8. The Kier molecular flexibility index (Phi) is 4.35. The van der Waals surface area contributed by atoms with E-state index in [9.17, 15) is 13.2 Å². The molecule has 4 N–H and O–H groups in total. The molecule has 0 saturated carbocycles. The minimum atomic E-state index is -3.48. The molecular formula is C11H17N3O4S. The summed E-state index contributed by atoms with van der Waals surface area (Å²) < 4.78 is 28.3. The molecule has 0 fully saturated rings. The van der Waals surface area contributed by atoms with E-state index in [4.69, 9.17) is 15.6 Å². The van der Waals surface area contributed by atoms with Crippen LogP contribution in [0, 0.1) is 11.3 Å². The van der Waals surface area contributed by atoms with Crippen molar-refractivity contribution in [3.8, 4) is 0 Å². The van der Waals surface area contributed by atoms with Gasteiger partial charge in [0.15, 0.2) is 21.6 Å². The average Bonchev–Trinajstić information content (AvgIpc) is 2.58. The third-order valence-electron chi connectivity index (χ3n) is 2.32. The van der Waals surface area contributed by atoms with Gasteiger partial charge in [0.2, 0.25) is 0 Å². The lowest BCUT2D eigenvalue weighted by Crippen LogP contribution is -2.36. The zero-order valence-electron chi connectivity index (χ0n) is 11.0. The summed E-state index contributed by atoms with van der Waals surface area (Å²) in [4.78, 5) is 11.8. The van der Waals surface area contributed by atoms with Crippen LogP contribution in [0.15, 0.2) is 15.6 Å². The maximum Gasteiger partial charge on any atom is 0.293 e. The fraction of sp³-hybridized carbons (Fsp3) is 0.455. The highest BCUT2D eigenvalue weighted by Crippen LogP contribution is 2.25. The van der Waals surface area contributed by atoms with E-state index in [2.05, 4.69) is 5.32 Å². The molecule has 1 amide bonds. The number of carbonyl (C=O) groups excluding carboxylic acids is 1. The lowest BCUT2D eigenvalue weighted by atomic mass is 10.0. The molecule has 0 bridgehead atoms. The maximum absolute atomic E-state index is 11.8. The van der Waals surface area contributed by atoms with Crippen molar-refractivity contribution >= 4 is 21.7 Å². The third kappa shape index (κ3) is 3.82. The second-order valence-electron chi connectivity index (χ2n) is 4.65. The molecule has 0 radical (unpaired) electrons. The Morgan fingerprint density at radius 2 is 2.11 bits per heavy atom. The molecular weight excluding hydrogens is 270 g/mol. The van der Waals surface area contributed by atoms with E-state index in [1.54, 1.807) is 0 Å². The van der Waals surface area contributed by atoms with Crippen molar-refractivity contribution in [2.75, 3.05) is 6.26 Å². The predicted octanol–water partition coefficient (Wildman–Crippen LogP) is 0.505. The van der Waals surface area contributed by atoms with Crippen LogP contribution in [-0.2, 0) is 16.3 Å². The van der Waals surface area contributed by atoms with E-state index in [0.717, 1.165) is 12.5 Å². The van der Waals surface area contributed by atoms with Crippen molar-refractivity contribution in [2.24, 2.45) is 11.7 Å². The first-order valence-corrected chi connectivity index (χ1v) is 7.47. The van der Waals surface area contributed by atoms with Gasteiger partial charge in [0, 0.05) is 11.8 Å². The number of carbonyl (C=O) groups is 1. The first-order chi connectivity index (χ1) is 8.62. The molecule has 106 valence electrons. The second-order valence-corrected chi connectivity index (χ2v) is 6.63. The summed E-state index contributed by atoms with van der Waals surface area (Å²) in [5.41, 5.74) is 5.38. The highest BCUT2D eigenvalue weighted by molar-refractivity contribution is 7.90. The molecule has 0 aliphatic rings. The Balaban J connectivity index is 3.29. The van der Waals surface area contributed by atoms with Crippen molar-refractivity contribution in [3.05, 3.63) is 17.6 Å². The topological polar surface area (TPSA) is 126 Å². The number of nitrogens with one attached hydrogen (secondary N) is 2. The van der Waals surface area contributed by atoms with E-state index < -0.39 is 21.7 Å². The summed E-state index contributed by atoms with van der Waals surface area (Å²) in [6, 6.07) is 0. The number of amides is 1. The summed E-state index contributed by atoms with van der Waals surface area (Å²) in [5.74, 6) is -1.23. The zero-order chi connectivity index (χ0) is 14.8. The molecule has 19 heavy (non-hydrogen) atoms. The van der Waals surface area contributed by atoms with Crippen molar-refractivity contribution in [1.82, 2.24) is 5.32 Å². The van der Waals surface area contributed by atoms with Crippen LogP contribution in [0.4, 0.5) is 0 Å².